The summed E-state index contributed by atoms with van der Waals surface area (Å²) in [7, 11) is 1.61. The van der Waals surface area contributed by atoms with Crippen LogP contribution in [0, 0.1) is 6.92 Å². The van der Waals surface area contributed by atoms with Crippen LogP contribution in [0.2, 0.25) is 0 Å². The second-order valence-electron chi connectivity index (χ2n) is 8.10. The maximum atomic E-state index is 12.4. The van der Waals surface area contributed by atoms with Gasteiger partial charge in [0.1, 0.15) is 17.3 Å². The molecule has 1 aromatic heterocycles. The van der Waals surface area contributed by atoms with Crippen molar-refractivity contribution in [1.29, 1.82) is 0 Å². The zero-order valence-corrected chi connectivity index (χ0v) is 18.7. The quantitative estimate of drug-likeness (QED) is 0.480. The summed E-state index contributed by atoms with van der Waals surface area (Å²) in [4.78, 5) is 19.5. The molecule has 7 heteroatoms. The maximum Gasteiger partial charge on any atom is 0.262 e. The van der Waals surface area contributed by atoms with Crippen molar-refractivity contribution >= 4 is 28.3 Å². The number of ether oxygens (including phenoxy) is 2. The van der Waals surface area contributed by atoms with E-state index in [0.717, 1.165) is 53.7 Å². The Balaban J connectivity index is 1.22. The van der Waals surface area contributed by atoms with E-state index in [1.54, 1.807) is 31.4 Å². The Morgan fingerprint density at radius 3 is 2.61 bits per heavy atom. The van der Waals surface area contributed by atoms with Crippen molar-refractivity contribution in [3.05, 3.63) is 78.1 Å². The van der Waals surface area contributed by atoms with E-state index in [2.05, 4.69) is 39.0 Å². The first-order chi connectivity index (χ1) is 16.1. The van der Waals surface area contributed by atoms with E-state index in [-0.39, 0.29) is 12.5 Å². The summed E-state index contributed by atoms with van der Waals surface area (Å²) in [5.41, 5.74) is 5.15. The molecule has 1 aliphatic rings. The average Bonchev–Trinajstić information content (AvgIpc) is 3.22. The number of hydrogen-bond acceptors (Lipinski definition) is 5. The van der Waals surface area contributed by atoms with Crippen LogP contribution in [-0.4, -0.2) is 35.7 Å². The fourth-order valence-corrected chi connectivity index (χ4v) is 4.18. The molecule has 0 spiro atoms. The first kappa shape index (κ1) is 20.9. The number of anilines is 2. The maximum absolute atomic E-state index is 12.4. The van der Waals surface area contributed by atoms with Gasteiger partial charge in [0.15, 0.2) is 6.61 Å². The van der Waals surface area contributed by atoms with Gasteiger partial charge < -0.3 is 24.3 Å². The Kier molecular flexibility index (Phi) is 5.60. The summed E-state index contributed by atoms with van der Waals surface area (Å²) in [5.74, 6) is 2.24. The van der Waals surface area contributed by atoms with Crippen molar-refractivity contribution in [2.75, 3.05) is 30.5 Å². The summed E-state index contributed by atoms with van der Waals surface area (Å²) in [6.45, 7) is 4.51. The Hall–Kier alpha value is -4.00. The van der Waals surface area contributed by atoms with Crippen LogP contribution in [0.25, 0.3) is 11.0 Å². The van der Waals surface area contributed by atoms with Crippen LogP contribution in [0.5, 0.6) is 11.5 Å². The molecule has 168 valence electrons. The Labute approximate surface area is 192 Å². The number of hydrogen-bond donors (Lipinski definition) is 1. The summed E-state index contributed by atoms with van der Waals surface area (Å²) in [6, 6.07) is 21.5. The number of benzene rings is 3. The highest BCUT2D eigenvalue weighted by atomic mass is 16.5. The normalized spacial score (nSPS) is 13.0. The zero-order chi connectivity index (χ0) is 22.8. The van der Waals surface area contributed by atoms with Gasteiger partial charge in [-0.2, -0.15) is 0 Å². The molecule has 7 nitrogen and oxygen atoms in total. The smallest absolute Gasteiger partial charge is 0.262 e. The average molecular weight is 443 g/mol. The van der Waals surface area contributed by atoms with E-state index >= 15 is 0 Å². The second-order valence-corrected chi connectivity index (χ2v) is 8.10. The topological polar surface area (TPSA) is 68.6 Å². The van der Waals surface area contributed by atoms with E-state index in [1.807, 2.05) is 25.1 Å². The van der Waals surface area contributed by atoms with Crippen molar-refractivity contribution < 1.29 is 14.3 Å². The molecule has 2 heterocycles. The van der Waals surface area contributed by atoms with Gasteiger partial charge in [-0.1, -0.05) is 12.1 Å². The van der Waals surface area contributed by atoms with Crippen LogP contribution in [0.4, 0.5) is 11.4 Å². The van der Waals surface area contributed by atoms with E-state index in [1.165, 1.54) is 5.52 Å². The molecule has 1 aliphatic heterocycles. The molecule has 0 fully saturated rings. The lowest BCUT2D eigenvalue weighted by Gasteiger charge is -2.30. The summed E-state index contributed by atoms with van der Waals surface area (Å²) in [6.07, 6.45) is 0. The number of para-hydroxylation sites is 2. The number of amides is 1. The number of nitrogens with zero attached hydrogens (tertiary/aromatic N) is 3. The van der Waals surface area contributed by atoms with Gasteiger partial charge in [0.2, 0.25) is 0 Å². The first-order valence-electron chi connectivity index (χ1n) is 11.0. The van der Waals surface area contributed by atoms with Gasteiger partial charge in [0.25, 0.3) is 5.91 Å². The van der Waals surface area contributed by atoms with E-state index in [9.17, 15) is 4.79 Å². The molecule has 0 saturated heterocycles. The highest BCUT2D eigenvalue weighted by Gasteiger charge is 2.20. The number of rotatable bonds is 6. The lowest BCUT2D eigenvalue weighted by Crippen LogP contribution is -2.33. The molecular formula is C26H26N4O3. The van der Waals surface area contributed by atoms with E-state index in [0.29, 0.717) is 5.75 Å². The Morgan fingerprint density at radius 2 is 1.82 bits per heavy atom. The minimum atomic E-state index is -0.201. The number of methoxy groups -OCH3 is 1. The van der Waals surface area contributed by atoms with Crippen LogP contribution >= 0.6 is 0 Å². The van der Waals surface area contributed by atoms with Crippen molar-refractivity contribution in [1.82, 2.24) is 9.55 Å². The number of carbonyl (C=O) groups excluding carboxylic acids is 1. The number of carbonyl (C=O) groups is 1. The van der Waals surface area contributed by atoms with Crippen LogP contribution in [0.1, 0.15) is 11.4 Å². The minimum Gasteiger partial charge on any atom is -0.497 e. The lowest BCUT2D eigenvalue weighted by molar-refractivity contribution is -0.118. The van der Waals surface area contributed by atoms with Gasteiger partial charge in [0, 0.05) is 24.5 Å². The molecule has 0 radical (unpaired) electrons. The molecule has 1 N–H and O–H groups in total. The molecule has 1 amide bonds. The van der Waals surface area contributed by atoms with E-state index in [4.69, 9.17) is 14.5 Å². The van der Waals surface area contributed by atoms with Crippen molar-refractivity contribution in [2.24, 2.45) is 0 Å². The highest BCUT2D eigenvalue weighted by Crippen LogP contribution is 2.28. The molecule has 0 aliphatic carbocycles. The molecule has 4 aromatic rings. The summed E-state index contributed by atoms with van der Waals surface area (Å²) >= 11 is 0. The number of imidazole rings is 1. The first-order valence-corrected chi connectivity index (χ1v) is 11.0. The molecule has 3 aromatic carbocycles. The minimum absolute atomic E-state index is 0.0597. The van der Waals surface area contributed by atoms with Crippen molar-refractivity contribution in [2.45, 2.75) is 20.0 Å². The monoisotopic (exact) mass is 442 g/mol. The lowest BCUT2D eigenvalue weighted by atomic mass is 10.1. The fourth-order valence-electron chi connectivity index (χ4n) is 4.18. The van der Waals surface area contributed by atoms with Gasteiger partial charge in [0.05, 0.1) is 24.7 Å². The van der Waals surface area contributed by atoms with Crippen LogP contribution in [0.3, 0.4) is 0 Å². The largest absolute Gasteiger partial charge is 0.497 e. The van der Waals surface area contributed by atoms with Gasteiger partial charge >= 0.3 is 0 Å². The van der Waals surface area contributed by atoms with E-state index < -0.39 is 0 Å². The number of aryl methyl sites for hydroxylation is 1. The van der Waals surface area contributed by atoms with Gasteiger partial charge in [-0.25, -0.2) is 4.98 Å². The third kappa shape index (κ3) is 4.35. The summed E-state index contributed by atoms with van der Waals surface area (Å²) in [5, 5.41) is 2.94. The Bertz CT molecular complexity index is 1300. The van der Waals surface area contributed by atoms with Crippen molar-refractivity contribution in [3.8, 4) is 11.5 Å². The second kappa shape index (κ2) is 8.86. The van der Waals surface area contributed by atoms with Crippen LogP contribution in [-0.2, 0) is 17.9 Å². The molecule has 0 saturated carbocycles. The molecular weight excluding hydrogens is 416 g/mol. The van der Waals surface area contributed by atoms with Crippen molar-refractivity contribution in [3.63, 3.8) is 0 Å². The predicted molar refractivity (Wildman–Crippen MR) is 129 cm³/mol. The van der Waals surface area contributed by atoms with Gasteiger partial charge in [-0.05, 0) is 67.1 Å². The molecule has 0 bridgehead atoms. The van der Waals surface area contributed by atoms with Crippen LogP contribution < -0.4 is 19.7 Å². The van der Waals surface area contributed by atoms with Gasteiger partial charge in [-0.3, -0.25) is 4.79 Å². The van der Waals surface area contributed by atoms with Crippen LogP contribution in [0.15, 0.2) is 66.7 Å². The Morgan fingerprint density at radius 1 is 1.03 bits per heavy atom. The SMILES string of the molecule is COc1ccc(OCC(=O)Nc2ccc(N3CCn4c(nc5ccccc54)C3)cc2C)cc1. The number of aromatic nitrogens is 2. The zero-order valence-electron chi connectivity index (χ0n) is 18.7. The highest BCUT2D eigenvalue weighted by molar-refractivity contribution is 5.93. The molecule has 5 rings (SSSR count). The fraction of sp³-hybridized carbons (Fsp3) is 0.231. The molecule has 0 unspecified atom stereocenters. The third-order valence-electron chi connectivity index (χ3n) is 5.94. The number of fused-ring (bicyclic) bond motifs is 3. The molecule has 33 heavy (non-hydrogen) atoms. The standard InChI is InChI=1S/C26H26N4O3/c1-18-15-19(29-13-14-30-24-6-4-3-5-23(24)27-25(30)16-29)7-12-22(18)28-26(31)17-33-21-10-8-20(32-2)9-11-21/h3-12,15H,13-14,16-17H2,1-2H3,(H,28,31). The summed E-state index contributed by atoms with van der Waals surface area (Å²) < 4.78 is 13.0. The predicted octanol–water partition coefficient (Wildman–Crippen LogP) is 4.39. The third-order valence-corrected chi connectivity index (χ3v) is 5.94. The number of nitrogens with one attached hydrogen (secondary N) is 1. The molecule has 0 atom stereocenters. The van der Waals surface area contributed by atoms with Gasteiger partial charge in [-0.15, -0.1) is 0 Å².